The van der Waals surface area contributed by atoms with Gasteiger partial charge in [-0.1, -0.05) is 26.2 Å². The van der Waals surface area contributed by atoms with E-state index in [-0.39, 0.29) is 0 Å². The Morgan fingerprint density at radius 2 is 1.90 bits per heavy atom. The molecule has 0 aromatic carbocycles. The quantitative estimate of drug-likeness (QED) is 0.752. The molecule has 0 amide bonds. The summed E-state index contributed by atoms with van der Waals surface area (Å²) in [5, 5.41) is 3.98. The molecule has 1 heterocycles. The first-order valence-corrected chi connectivity index (χ1v) is 10.5. The Balaban J connectivity index is 1.62. The minimum absolute atomic E-state index is 0.405. The van der Waals surface area contributed by atoms with E-state index in [1.165, 1.54) is 76.1 Å². The SMILES string of the molecule is CCSCCN1CC(C)(C2CC2)NCC1C1CCCCC1. The summed E-state index contributed by atoms with van der Waals surface area (Å²) in [6.07, 6.45) is 10.3. The number of nitrogens with zero attached hydrogens (tertiary/aromatic N) is 1. The molecule has 2 atom stereocenters. The van der Waals surface area contributed by atoms with Crippen LogP contribution in [0.25, 0.3) is 0 Å². The van der Waals surface area contributed by atoms with E-state index in [1.807, 2.05) is 0 Å². The van der Waals surface area contributed by atoms with Crippen LogP contribution in [0.2, 0.25) is 0 Å². The molecule has 21 heavy (non-hydrogen) atoms. The van der Waals surface area contributed by atoms with Crippen LogP contribution in [0.3, 0.4) is 0 Å². The van der Waals surface area contributed by atoms with Gasteiger partial charge in [-0.05, 0) is 50.2 Å². The second kappa shape index (κ2) is 7.23. The fourth-order valence-corrected chi connectivity index (χ4v) is 5.26. The van der Waals surface area contributed by atoms with Crippen molar-refractivity contribution < 1.29 is 0 Å². The molecule has 0 spiro atoms. The number of hydrogen-bond donors (Lipinski definition) is 1. The predicted octanol–water partition coefficient (Wildman–Crippen LogP) is 3.76. The second-order valence-electron chi connectivity index (χ2n) is 7.71. The van der Waals surface area contributed by atoms with Crippen LogP contribution in [0.5, 0.6) is 0 Å². The van der Waals surface area contributed by atoms with E-state index >= 15 is 0 Å². The minimum Gasteiger partial charge on any atom is -0.308 e. The first-order chi connectivity index (χ1) is 10.2. The van der Waals surface area contributed by atoms with E-state index in [2.05, 4.69) is 35.8 Å². The van der Waals surface area contributed by atoms with Gasteiger partial charge in [0.15, 0.2) is 0 Å². The molecule has 0 radical (unpaired) electrons. The van der Waals surface area contributed by atoms with E-state index in [9.17, 15) is 0 Å². The summed E-state index contributed by atoms with van der Waals surface area (Å²) >= 11 is 2.11. The van der Waals surface area contributed by atoms with Crippen molar-refractivity contribution in [3.8, 4) is 0 Å². The van der Waals surface area contributed by atoms with Crippen LogP contribution < -0.4 is 5.32 Å². The van der Waals surface area contributed by atoms with Crippen molar-refractivity contribution in [1.82, 2.24) is 10.2 Å². The monoisotopic (exact) mass is 310 g/mol. The Kier molecular flexibility index (Phi) is 5.55. The summed E-state index contributed by atoms with van der Waals surface area (Å²) in [7, 11) is 0. The maximum Gasteiger partial charge on any atom is 0.0309 e. The highest BCUT2D eigenvalue weighted by atomic mass is 32.2. The average Bonchev–Trinajstić information content (AvgIpc) is 3.34. The van der Waals surface area contributed by atoms with Crippen LogP contribution >= 0.6 is 11.8 Å². The summed E-state index contributed by atoms with van der Waals surface area (Å²) in [6.45, 7) is 8.62. The van der Waals surface area contributed by atoms with Gasteiger partial charge >= 0.3 is 0 Å². The molecule has 2 saturated carbocycles. The first-order valence-electron chi connectivity index (χ1n) is 9.30. The van der Waals surface area contributed by atoms with Crippen molar-refractivity contribution in [1.29, 1.82) is 0 Å². The van der Waals surface area contributed by atoms with Gasteiger partial charge in [0.05, 0.1) is 0 Å². The number of thioether (sulfide) groups is 1. The molecular formula is C18H34N2S. The van der Waals surface area contributed by atoms with Gasteiger partial charge in [-0.15, -0.1) is 0 Å². The third kappa shape index (κ3) is 3.97. The van der Waals surface area contributed by atoms with Gasteiger partial charge in [0.1, 0.15) is 0 Å². The van der Waals surface area contributed by atoms with Crippen LogP contribution in [0.15, 0.2) is 0 Å². The Morgan fingerprint density at radius 3 is 2.57 bits per heavy atom. The molecule has 2 unspecified atom stereocenters. The maximum absolute atomic E-state index is 3.98. The number of rotatable bonds is 6. The summed E-state index contributed by atoms with van der Waals surface area (Å²) in [6, 6.07) is 0.814. The third-order valence-corrected chi connectivity index (χ3v) is 6.99. The summed E-state index contributed by atoms with van der Waals surface area (Å²) in [5.74, 6) is 4.49. The molecule has 3 rings (SSSR count). The van der Waals surface area contributed by atoms with Gasteiger partial charge < -0.3 is 5.32 Å². The highest BCUT2D eigenvalue weighted by Gasteiger charge is 2.47. The fourth-order valence-electron chi connectivity index (χ4n) is 4.61. The Bertz CT molecular complexity index is 325. The zero-order valence-electron chi connectivity index (χ0n) is 14.1. The van der Waals surface area contributed by atoms with Crippen molar-refractivity contribution >= 4 is 11.8 Å². The molecule has 1 aliphatic heterocycles. The fraction of sp³-hybridized carbons (Fsp3) is 1.00. The van der Waals surface area contributed by atoms with Gasteiger partial charge in [0.2, 0.25) is 0 Å². The van der Waals surface area contributed by atoms with Gasteiger partial charge in [-0.25, -0.2) is 0 Å². The number of piperazine rings is 1. The Labute approximate surface area is 135 Å². The topological polar surface area (TPSA) is 15.3 Å². The second-order valence-corrected chi connectivity index (χ2v) is 9.10. The maximum atomic E-state index is 3.98. The van der Waals surface area contributed by atoms with E-state index in [1.54, 1.807) is 0 Å². The van der Waals surface area contributed by atoms with E-state index < -0.39 is 0 Å². The zero-order chi connectivity index (χ0) is 14.7. The predicted molar refractivity (Wildman–Crippen MR) is 94.1 cm³/mol. The van der Waals surface area contributed by atoms with Crippen molar-refractivity contribution in [3.05, 3.63) is 0 Å². The van der Waals surface area contributed by atoms with Crippen molar-refractivity contribution in [2.45, 2.75) is 70.4 Å². The summed E-state index contributed by atoms with van der Waals surface area (Å²) in [4.78, 5) is 2.88. The molecule has 1 N–H and O–H groups in total. The molecule has 122 valence electrons. The van der Waals surface area contributed by atoms with Crippen LogP contribution in [-0.4, -0.2) is 47.6 Å². The normalized spacial score (nSPS) is 36.0. The lowest BCUT2D eigenvalue weighted by atomic mass is 9.80. The third-order valence-electron chi connectivity index (χ3n) is 6.11. The lowest BCUT2D eigenvalue weighted by Gasteiger charge is -2.50. The first kappa shape index (κ1) is 16.1. The standard InChI is InChI=1S/C18H34N2S/c1-3-21-12-11-20-14-18(2,16-9-10-16)19-13-17(20)15-7-5-4-6-8-15/h15-17,19H,3-14H2,1-2H3. The molecule has 2 aliphatic carbocycles. The van der Waals surface area contributed by atoms with Crippen LogP contribution in [0, 0.1) is 11.8 Å². The highest BCUT2D eigenvalue weighted by Crippen LogP contribution is 2.42. The Hall–Kier alpha value is 0.270. The zero-order valence-corrected chi connectivity index (χ0v) is 14.9. The van der Waals surface area contributed by atoms with Gasteiger partial charge in [0, 0.05) is 37.0 Å². The molecule has 2 nitrogen and oxygen atoms in total. The molecule has 1 saturated heterocycles. The molecule has 0 aromatic heterocycles. The lowest BCUT2D eigenvalue weighted by Crippen LogP contribution is -2.65. The van der Waals surface area contributed by atoms with Gasteiger partial charge in [0.25, 0.3) is 0 Å². The highest BCUT2D eigenvalue weighted by molar-refractivity contribution is 7.99. The number of nitrogens with one attached hydrogen (secondary N) is 1. The summed E-state index contributed by atoms with van der Waals surface area (Å²) < 4.78 is 0. The average molecular weight is 311 g/mol. The molecule has 3 aliphatic rings. The van der Waals surface area contributed by atoms with Crippen molar-refractivity contribution in [2.75, 3.05) is 31.1 Å². The summed E-state index contributed by atoms with van der Waals surface area (Å²) in [5.41, 5.74) is 0.405. The van der Waals surface area contributed by atoms with E-state index in [0.29, 0.717) is 5.54 Å². The molecule has 0 aromatic rings. The minimum atomic E-state index is 0.405. The number of hydrogen-bond acceptors (Lipinski definition) is 3. The van der Waals surface area contributed by atoms with Crippen LogP contribution in [-0.2, 0) is 0 Å². The molecule has 0 bridgehead atoms. The largest absolute Gasteiger partial charge is 0.308 e. The van der Waals surface area contributed by atoms with Crippen LogP contribution in [0.1, 0.15) is 58.8 Å². The molecule has 3 fully saturated rings. The van der Waals surface area contributed by atoms with Gasteiger partial charge in [-0.3, -0.25) is 4.90 Å². The lowest BCUT2D eigenvalue weighted by molar-refractivity contribution is 0.0389. The molecular weight excluding hydrogens is 276 g/mol. The van der Waals surface area contributed by atoms with Gasteiger partial charge in [-0.2, -0.15) is 11.8 Å². The van der Waals surface area contributed by atoms with E-state index in [4.69, 9.17) is 0 Å². The van der Waals surface area contributed by atoms with Crippen molar-refractivity contribution in [3.63, 3.8) is 0 Å². The van der Waals surface area contributed by atoms with E-state index in [0.717, 1.165) is 17.9 Å². The van der Waals surface area contributed by atoms with Crippen molar-refractivity contribution in [2.24, 2.45) is 11.8 Å². The Morgan fingerprint density at radius 1 is 1.14 bits per heavy atom. The van der Waals surface area contributed by atoms with Crippen LogP contribution in [0.4, 0.5) is 0 Å². The smallest absolute Gasteiger partial charge is 0.0309 e. The molecule has 3 heteroatoms.